The van der Waals surface area contributed by atoms with Gasteiger partial charge in [0.1, 0.15) is 0 Å². The zero-order chi connectivity index (χ0) is 11.5. The number of nitrogens with two attached hydrogens (primary N) is 1. The zero-order valence-corrected chi connectivity index (χ0v) is 8.98. The van der Waals surface area contributed by atoms with Gasteiger partial charge < -0.3 is 5.43 Å². The highest BCUT2D eigenvalue weighted by molar-refractivity contribution is 6.31. The molecule has 0 spiro atoms. The molecule has 0 fully saturated rings. The summed E-state index contributed by atoms with van der Waals surface area (Å²) in [6, 6.07) is 10.3. The molecule has 0 bridgehead atoms. The van der Waals surface area contributed by atoms with Gasteiger partial charge in [0.15, 0.2) is 5.15 Å². The summed E-state index contributed by atoms with van der Waals surface area (Å²) in [5, 5.41) is 4.09. The Labute approximate surface area is 96.4 Å². The van der Waals surface area contributed by atoms with Gasteiger partial charge in [0, 0.05) is 6.07 Å². The van der Waals surface area contributed by atoms with Crippen molar-refractivity contribution in [2.45, 2.75) is 0 Å². The molecule has 0 saturated carbocycles. The number of rotatable bonds is 2. The molecule has 0 unspecified atom stereocenters. The van der Waals surface area contributed by atoms with Crippen molar-refractivity contribution >= 4 is 17.3 Å². The highest BCUT2D eigenvalue weighted by Crippen LogP contribution is 2.15. The number of aromatic nitrogens is 2. The SMILES string of the molecule is NNc1cc(=O)n(-c2ccccc2)nc1Cl. The van der Waals surface area contributed by atoms with E-state index < -0.39 is 0 Å². The summed E-state index contributed by atoms with van der Waals surface area (Å²) in [4.78, 5) is 11.7. The standard InChI is InChI=1S/C10H9ClN4O/c11-10-8(13-12)6-9(16)15(14-10)7-4-2-1-3-5-7/h1-6,13H,12H2. The van der Waals surface area contributed by atoms with E-state index in [4.69, 9.17) is 17.4 Å². The van der Waals surface area contributed by atoms with Crippen molar-refractivity contribution in [2.24, 2.45) is 5.84 Å². The fraction of sp³-hybridized carbons (Fsp3) is 0. The number of para-hydroxylation sites is 1. The Balaban J connectivity index is 2.60. The van der Waals surface area contributed by atoms with E-state index in [0.717, 1.165) is 0 Å². The zero-order valence-electron chi connectivity index (χ0n) is 8.22. The lowest BCUT2D eigenvalue weighted by Crippen LogP contribution is -2.22. The molecule has 1 heterocycles. The Morgan fingerprint density at radius 3 is 2.62 bits per heavy atom. The molecule has 0 amide bonds. The van der Waals surface area contributed by atoms with Crippen LogP contribution >= 0.6 is 11.6 Å². The van der Waals surface area contributed by atoms with Crippen LogP contribution in [0.15, 0.2) is 41.2 Å². The molecule has 16 heavy (non-hydrogen) atoms. The van der Waals surface area contributed by atoms with Crippen molar-refractivity contribution in [1.82, 2.24) is 9.78 Å². The third-order valence-electron chi connectivity index (χ3n) is 2.04. The third kappa shape index (κ3) is 1.91. The van der Waals surface area contributed by atoms with Gasteiger partial charge in [-0.15, -0.1) is 0 Å². The molecule has 0 aliphatic carbocycles. The van der Waals surface area contributed by atoms with Crippen LogP contribution in [0.2, 0.25) is 5.15 Å². The van der Waals surface area contributed by atoms with Gasteiger partial charge in [0.25, 0.3) is 5.56 Å². The predicted octanol–water partition coefficient (Wildman–Crippen LogP) is 1.17. The first-order valence-electron chi connectivity index (χ1n) is 4.54. The maximum absolute atomic E-state index is 11.7. The van der Waals surface area contributed by atoms with Crippen LogP contribution in [0.5, 0.6) is 0 Å². The molecule has 1 aromatic carbocycles. The lowest BCUT2D eigenvalue weighted by molar-refractivity contribution is 0.808. The molecule has 0 aliphatic heterocycles. The van der Waals surface area contributed by atoms with E-state index in [1.807, 2.05) is 18.2 Å². The molecule has 6 heteroatoms. The van der Waals surface area contributed by atoms with Crippen LogP contribution in [0.3, 0.4) is 0 Å². The fourth-order valence-electron chi connectivity index (χ4n) is 1.29. The van der Waals surface area contributed by atoms with Crippen molar-refractivity contribution in [3.05, 3.63) is 51.9 Å². The number of hydrogen-bond acceptors (Lipinski definition) is 4. The van der Waals surface area contributed by atoms with Crippen LogP contribution in [-0.4, -0.2) is 9.78 Å². The minimum atomic E-state index is -0.302. The minimum Gasteiger partial charge on any atom is -0.321 e. The van der Waals surface area contributed by atoms with E-state index in [1.165, 1.54) is 10.7 Å². The van der Waals surface area contributed by atoms with E-state index in [9.17, 15) is 4.79 Å². The van der Waals surface area contributed by atoms with Crippen LogP contribution in [0.4, 0.5) is 5.69 Å². The molecular weight excluding hydrogens is 228 g/mol. The molecule has 2 rings (SSSR count). The topological polar surface area (TPSA) is 72.9 Å². The van der Waals surface area contributed by atoms with Crippen molar-refractivity contribution in [3.63, 3.8) is 0 Å². The number of anilines is 1. The first-order valence-corrected chi connectivity index (χ1v) is 4.92. The number of hydrogen-bond donors (Lipinski definition) is 2. The number of benzene rings is 1. The first-order chi connectivity index (χ1) is 7.72. The molecule has 0 radical (unpaired) electrons. The van der Waals surface area contributed by atoms with Gasteiger partial charge in [-0.3, -0.25) is 10.6 Å². The molecule has 0 aliphatic rings. The van der Waals surface area contributed by atoms with Crippen molar-refractivity contribution in [1.29, 1.82) is 0 Å². The predicted molar refractivity (Wildman–Crippen MR) is 62.7 cm³/mol. The van der Waals surface area contributed by atoms with Crippen LogP contribution in [0, 0.1) is 0 Å². The smallest absolute Gasteiger partial charge is 0.273 e. The summed E-state index contributed by atoms with van der Waals surface area (Å²) in [5.41, 5.74) is 2.96. The molecule has 0 atom stereocenters. The van der Waals surface area contributed by atoms with E-state index in [2.05, 4.69) is 10.5 Å². The van der Waals surface area contributed by atoms with Crippen LogP contribution in [0.1, 0.15) is 0 Å². The quantitative estimate of drug-likeness (QED) is 0.607. The number of halogens is 1. The molecule has 5 nitrogen and oxygen atoms in total. The lowest BCUT2D eigenvalue weighted by Gasteiger charge is -2.07. The summed E-state index contributed by atoms with van der Waals surface area (Å²) in [7, 11) is 0. The average Bonchev–Trinajstić information content (AvgIpc) is 2.32. The molecule has 82 valence electrons. The second kappa shape index (κ2) is 4.34. The summed E-state index contributed by atoms with van der Waals surface area (Å²) in [6.45, 7) is 0. The van der Waals surface area contributed by atoms with Crippen LogP contribution < -0.4 is 16.8 Å². The molecule has 2 aromatic rings. The Hall–Kier alpha value is -1.85. The highest BCUT2D eigenvalue weighted by atomic mass is 35.5. The van der Waals surface area contributed by atoms with Gasteiger partial charge in [-0.25, -0.2) is 0 Å². The van der Waals surface area contributed by atoms with Crippen molar-refractivity contribution < 1.29 is 0 Å². The van der Waals surface area contributed by atoms with Gasteiger partial charge in [0.05, 0.1) is 11.4 Å². The normalized spacial score (nSPS) is 10.1. The summed E-state index contributed by atoms with van der Waals surface area (Å²) >= 11 is 5.84. The van der Waals surface area contributed by atoms with Crippen LogP contribution in [-0.2, 0) is 0 Å². The Kier molecular flexibility index (Phi) is 2.89. The highest BCUT2D eigenvalue weighted by Gasteiger charge is 2.06. The largest absolute Gasteiger partial charge is 0.321 e. The third-order valence-corrected chi connectivity index (χ3v) is 2.32. The number of hydrazine groups is 1. The first kappa shape index (κ1) is 10.7. The molecular formula is C10H9ClN4O. The van der Waals surface area contributed by atoms with Gasteiger partial charge in [-0.05, 0) is 12.1 Å². The van der Waals surface area contributed by atoms with Gasteiger partial charge >= 0.3 is 0 Å². The van der Waals surface area contributed by atoms with E-state index in [0.29, 0.717) is 11.4 Å². The van der Waals surface area contributed by atoms with Gasteiger partial charge in [-0.2, -0.15) is 9.78 Å². The molecule has 0 saturated heterocycles. The summed E-state index contributed by atoms with van der Waals surface area (Å²) in [5.74, 6) is 5.19. The van der Waals surface area contributed by atoms with Crippen molar-refractivity contribution in [2.75, 3.05) is 5.43 Å². The van der Waals surface area contributed by atoms with Crippen molar-refractivity contribution in [3.8, 4) is 5.69 Å². The van der Waals surface area contributed by atoms with Gasteiger partial charge in [-0.1, -0.05) is 29.8 Å². The van der Waals surface area contributed by atoms with E-state index in [1.54, 1.807) is 12.1 Å². The maximum Gasteiger partial charge on any atom is 0.273 e. The maximum atomic E-state index is 11.7. The Morgan fingerprint density at radius 1 is 1.31 bits per heavy atom. The Bertz CT molecular complexity index is 552. The van der Waals surface area contributed by atoms with E-state index in [-0.39, 0.29) is 10.7 Å². The van der Waals surface area contributed by atoms with Gasteiger partial charge in [0.2, 0.25) is 0 Å². The van der Waals surface area contributed by atoms with E-state index >= 15 is 0 Å². The van der Waals surface area contributed by atoms with Crippen LogP contribution in [0.25, 0.3) is 5.69 Å². The fourth-order valence-corrected chi connectivity index (χ4v) is 1.48. The molecule has 1 aromatic heterocycles. The second-order valence-corrected chi connectivity index (χ2v) is 3.44. The number of nitrogens with one attached hydrogen (secondary N) is 1. The Morgan fingerprint density at radius 2 is 2.00 bits per heavy atom. The summed E-state index contributed by atoms with van der Waals surface area (Å²) in [6.07, 6.45) is 0. The minimum absolute atomic E-state index is 0.144. The summed E-state index contributed by atoms with van der Waals surface area (Å²) < 4.78 is 1.21. The monoisotopic (exact) mass is 236 g/mol. The number of nitrogens with zero attached hydrogens (tertiary/aromatic N) is 2. The number of nitrogen functional groups attached to an aromatic ring is 1. The lowest BCUT2D eigenvalue weighted by atomic mass is 10.3. The molecule has 3 N–H and O–H groups in total. The second-order valence-electron chi connectivity index (χ2n) is 3.08. The average molecular weight is 237 g/mol.